The molecule has 4 nitrogen and oxygen atoms in total. The first kappa shape index (κ1) is 33.5. The van der Waals surface area contributed by atoms with Gasteiger partial charge in [-0.25, -0.2) is 19.9 Å². The summed E-state index contributed by atoms with van der Waals surface area (Å²) in [6.07, 6.45) is 0. The Morgan fingerprint density at radius 2 is 0.810 bits per heavy atom. The second-order valence-electron chi connectivity index (χ2n) is 14.6. The molecule has 270 valence electrons. The summed E-state index contributed by atoms with van der Waals surface area (Å²) in [5.74, 6) is 0.673. The molecule has 58 heavy (non-hydrogen) atoms. The molecule has 0 aliphatic heterocycles. The van der Waals surface area contributed by atoms with Gasteiger partial charge < -0.3 is 0 Å². The van der Waals surface area contributed by atoms with Crippen LogP contribution in [0.1, 0.15) is 0 Å². The Balaban J connectivity index is 0.951. The van der Waals surface area contributed by atoms with Crippen LogP contribution >= 0.6 is 0 Å². The van der Waals surface area contributed by atoms with Gasteiger partial charge >= 0.3 is 0 Å². The molecule has 0 aliphatic carbocycles. The molecule has 11 aromatic rings. The van der Waals surface area contributed by atoms with Crippen LogP contribution in [0.3, 0.4) is 0 Å². The highest BCUT2D eigenvalue weighted by atomic mass is 14.9. The number of para-hydroxylation sites is 1. The summed E-state index contributed by atoms with van der Waals surface area (Å²) in [5.41, 5.74) is 14.1. The Kier molecular flexibility index (Phi) is 8.11. The van der Waals surface area contributed by atoms with Crippen molar-refractivity contribution in [2.24, 2.45) is 0 Å². The normalized spacial score (nSPS) is 11.4. The quantitative estimate of drug-likeness (QED) is 0.159. The first-order valence-corrected chi connectivity index (χ1v) is 19.5. The van der Waals surface area contributed by atoms with Gasteiger partial charge in [0.1, 0.15) is 0 Å². The van der Waals surface area contributed by atoms with E-state index < -0.39 is 0 Å². The van der Waals surface area contributed by atoms with E-state index in [1.165, 1.54) is 33.0 Å². The largest absolute Gasteiger partial charge is 0.245 e. The maximum Gasteiger partial charge on any atom is 0.160 e. The molecule has 0 spiro atoms. The van der Waals surface area contributed by atoms with E-state index in [1.54, 1.807) is 0 Å². The lowest BCUT2D eigenvalue weighted by Crippen LogP contribution is -1.96. The SMILES string of the molecule is c1ccc(-c2ccc(-c3nc(-c4cccc(-c5ccc6ccc7ccc(-c8ccc(-c9cccc%10ccccc9%10)cc8)nc7c6n5)c4)nc4ccccc34)cc2)cc1. The zero-order valence-electron chi connectivity index (χ0n) is 31.4. The van der Waals surface area contributed by atoms with E-state index in [0.717, 1.165) is 72.0 Å². The molecule has 0 N–H and O–H groups in total. The topological polar surface area (TPSA) is 51.6 Å². The van der Waals surface area contributed by atoms with Crippen molar-refractivity contribution in [1.29, 1.82) is 0 Å². The lowest BCUT2D eigenvalue weighted by Gasteiger charge is -2.11. The van der Waals surface area contributed by atoms with E-state index in [2.05, 4.69) is 188 Å². The molecule has 8 aromatic carbocycles. The Morgan fingerprint density at radius 3 is 1.59 bits per heavy atom. The average molecular weight is 739 g/mol. The van der Waals surface area contributed by atoms with Gasteiger partial charge in [-0.05, 0) is 57.3 Å². The highest BCUT2D eigenvalue weighted by Crippen LogP contribution is 2.35. The van der Waals surface area contributed by atoms with Gasteiger partial charge in [0.25, 0.3) is 0 Å². The predicted octanol–water partition coefficient (Wildman–Crippen LogP) is 13.9. The second kappa shape index (κ2) is 14.0. The minimum Gasteiger partial charge on any atom is -0.245 e. The molecule has 0 unspecified atom stereocenters. The summed E-state index contributed by atoms with van der Waals surface area (Å²) in [5, 5.41) is 5.61. The maximum absolute atomic E-state index is 5.27. The number of benzene rings is 8. The van der Waals surface area contributed by atoms with Crippen molar-refractivity contribution < 1.29 is 0 Å². The minimum atomic E-state index is 0.673. The number of aromatic nitrogens is 4. The molecule has 4 heteroatoms. The summed E-state index contributed by atoms with van der Waals surface area (Å²) in [6, 6.07) is 72.2. The van der Waals surface area contributed by atoms with Crippen molar-refractivity contribution in [3.05, 3.63) is 206 Å². The van der Waals surface area contributed by atoms with E-state index in [4.69, 9.17) is 19.9 Å². The van der Waals surface area contributed by atoms with Crippen molar-refractivity contribution in [2.75, 3.05) is 0 Å². The first-order valence-electron chi connectivity index (χ1n) is 19.5. The van der Waals surface area contributed by atoms with Crippen LogP contribution in [0, 0.1) is 0 Å². The molecule has 0 amide bonds. The highest BCUT2D eigenvalue weighted by Gasteiger charge is 2.14. The Bertz CT molecular complexity index is 3310. The third-order valence-electron chi connectivity index (χ3n) is 11.1. The molecule has 0 saturated heterocycles. The van der Waals surface area contributed by atoms with Gasteiger partial charge in [0.2, 0.25) is 0 Å². The monoisotopic (exact) mass is 738 g/mol. The molecule has 0 aliphatic rings. The summed E-state index contributed by atoms with van der Waals surface area (Å²) in [7, 11) is 0. The summed E-state index contributed by atoms with van der Waals surface area (Å²) < 4.78 is 0. The number of hydrogen-bond donors (Lipinski definition) is 0. The fraction of sp³-hybridized carbons (Fsp3) is 0. The van der Waals surface area contributed by atoms with E-state index in [-0.39, 0.29) is 0 Å². The molecule has 0 radical (unpaired) electrons. The Morgan fingerprint density at radius 1 is 0.276 bits per heavy atom. The lowest BCUT2D eigenvalue weighted by molar-refractivity contribution is 1.23. The predicted molar refractivity (Wildman–Crippen MR) is 240 cm³/mol. The standard InChI is InChI=1S/C54H34N4/c1-2-10-35(11-3-1)36-20-26-40(27-21-36)51-47-17-6-7-19-50(47)57-54(58-51)44-15-8-14-43(34-44)49-33-31-42-29-28-41-30-32-48(55-52(41)53(42)56-49)39-24-22-38(23-25-39)46-18-9-13-37-12-4-5-16-45(37)46/h1-34H. The Hall–Kier alpha value is -7.82. The molecule has 3 heterocycles. The second-order valence-corrected chi connectivity index (χ2v) is 14.6. The van der Waals surface area contributed by atoms with Gasteiger partial charge in [-0.2, -0.15) is 0 Å². The van der Waals surface area contributed by atoms with E-state index in [9.17, 15) is 0 Å². The lowest BCUT2D eigenvalue weighted by atomic mass is 9.97. The summed E-state index contributed by atoms with van der Waals surface area (Å²) in [4.78, 5) is 20.8. The van der Waals surface area contributed by atoms with Gasteiger partial charge in [-0.3, -0.25) is 0 Å². The molecular formula is C54H34N4. The molecule has 0 atom stereocenters. The molecule has 0 saturated carbocycles. The van der Waals surface area contributed by atoms with Gasteiger partial charge in [-0.15, -0.1) is 0 Å². The van der Waals surface area contributed by atoms with Gasteiger partial charge in [0.05, 0.1) is 33.6 Å². The van der Waals surface area contributed by atoms with Crippen LogP contribution in [-0.4, -0.2) is 19.9 Å². The van der Waals surface area contributed by atoms with Crippen LogP contribution in [0.25, 0.3) is 111 Å². The minimum absolute atomic E-state index is 0.673. The van der Waals surface area contributed by atoms with E-state index >= 15 is 0 Å². The van der Waals surface area contributed by atoms with Crippen LogP contribution in [0.4, 0.5) is 0 Å². The zero-order chi connectivity index (χ0) is 38.4. The number of pyridine rings is 2. The molecule has 0 bridgehead atoms. The summed E-state index contributed by atoms with van der Waals surface area (Å²) >= 11 is 0. The Labute approximate surface area is 335 Å². The van der Waals surface area contributed by atoms with Crippen LogP contribution in [-0.2, 0) is 0 Å². The highest BCUT2D eigenvalue weighted by molar-refractivity contribution is 6.04. The molecular weight excluding hydrogens is 705 g/mol. The molecule has 3 aromatic heterocycles. The fourth-order valence-corrected chi connectivity index (χ4v) is 8.08. The van der Waals surface area contributed by atoms with Crippen molar-refractivity contribution in [3.8, 4) is 67.4 Å². The van der Waals surface area contributed by atoms with Gasteiger partial charge in [0.15, 0.2) is 5.82 Å². The number of nitrogens with zero attached hydrogens (tertiary/aromatic N) is 4. The van der Waals surface area contributed by atoms with Crippen molar-refractivity contribution >= 4 is 43.5 Å². The number of fused-ring (bicyclic) bond motifs is 5. The smallest absolute Gasteiger partial charge is 0.160 e. The van der Waals surface area contributed by atoms with E-state index in [0.29, 0.717) is 5.82 Å². The maximum atomic E-state index is 5.27. The summed E-state index contributed by atoms with van der Waals surface area (Å²) in [6.45, 7) is 0. The van der Waals surface area contributed by atoms with Gasteiger partial charge in [0, 0.05) is 38.4 Å². The first-order chi connectivity index (χ1) is 28.7. The van der Waals surface area contributed by atoms with Crippen LogP contribution in [0.5, 0.6) is 0 Å². The van der Waals surface area contributed by atoms with Gasteiger partial charge in [-0.1, -0.05) is 182 Å². The van der Waals surface area contributed by atoms with Crippen molar-refractivity contribution in [2.45, 2.75) is 0 Å². The third kappa shape index (κ3) is 6.05. The van der Waals surface area contributed by atoms with Crippen LogP contribution < -0.4 is 0 Å². The zero-order valence-corrected chi connectivity index (χ0v) is 31.4. The van der Waals surface area contributed by atoms with Crippen LogP contribution in [0.2, 0.25) is 0 Å². The third-order valence-corrected chi connectivity index (χ3v) is 11.1. The fourth-order valence-electron chi connectivity index (χ4n) is 8.08. The van der Waals surface area contributed by atoms with Crippen LogP contribution in [0.15, 0.2) is 206 Å². The van der Waals surface area contributed by atoms with E-state index in [1.807, 2.05) is 18.2 Å². The van der Waals surface area contributed by atoms with Crippen molar-refractivity contribution in [3.63, 3.8) is 0 Å². The molecule has 11 rings (SSSR count). The molecule has 0 fully saturated rings. The number of hydrogen-bond acceptors (Lipinski definition) is 4. The number of rotatable bonds is 6. The van der Waals surface area contributed by atoms with Crippen molar-refractivity contribution in [1.82, 2.24) is 19.9 Å². The average Bonchev–Trinajstić information content (AvgIpc) is 3.31.